The fraction of sp³-hybridized carbons (Fsp3) is 0.440. The second-order valence-corrected chi connectivity index (χ2v) is 8.35. The summed E-state index contributed by atoms with van der Waals surface area (Å²) in [6.45, 7) is 1.32. The van der Waals surface area contributed by atoms with Crippen LogP contribution in [0.15, 0.2) is 48.5 Å². The van der Waals surface area contributed by atoms with Crippen molar-refractivity contribution in [1.29, 1.82) is 0 Å². The van der Waals surface area contributed by atoms with Gasteiger partial charge in [-0.3, -0.25) is 9.59 Å². The molecule has 2 aromatic rings. The molecule has 8 heteroatoms. The standard InChI is InChI=1S/C25H30N2O6/c1-31-21-8-2-17(3-9-21)14-27-22(15-28)24(33-16-23(27)29)18-4-6-20(7-5-18)26-25(30)19-10-12-32-13-11-19/h2-9,19,22,24,28H,10-16H2,1H3,(H,26,30)/t22-,24-/m1/s1. The van der Waals surface area contributed by atoms with E-state index in [1.165, 1.54) is 0 Å². The van der Waals surface area contributed by atoms with Crippen molar-refractivity contribution in [2.45, 2.75) is 31.5 Å². The molecule has 0 aliphatic carbocycles. The predicted octanol–water partition coefficient (Wildman–Crippen LogP) is 2.52. The lowest BCUT2D eigenvalue weighted by Gasteiger charge is -2.40. The molecule has 8 nitrogen and oxygen atoms in total. The lowest BCUT2D eigenvalue weighted by molar-refractivity contribution is -0.162. The molecule has 2 heterocycles. The van der Waals surface area contributed by atoms with Gasteiger partial charge in [-0.05, 0) is 48.2 Å². The monoisotopic (exact) mass is 454 g/mol. The second-order valence-electron chi connectivity index (χ2n) is 8.35. The first-order valence-corrected chi connectivity index (χ1v) is 11.2. The maximum absolute atomic E-state index is 12.6. The Labute approximate surface area is 193 Å². The average Bonchev–Trinajstić information content (AvgIpc) is 2.86. The Balaban J connectivity index is 1.44. The van der Waals surface area contributed by atoms with E-state index in [0.717, 1.165) is 29.7 Å². The van der Waals surface area contributed by atoms with E-state index in [1.807, 2.05) is 48.5 Å². The highest BCUT2D eigenvalue weighted by Gasteiger charge is 2.37. The first-order valence-electron chi connectivity index (χ1n) is 11.2. The molecule has 2 fully saturated rings. The number of methoxy groups -OCH3 is 1. The van der Waals surface area contributed by atoms with Gasteiger partial charge in [0.15, 0.2) is 0 Å². The molecule has 2 N–H and O–H groups in total. The largest absolute Gasteiger partial charge is 0.497 e. The third-order valence-electron chi connectivity index (χ3n) is 6.25. The average molecular weight is 455 g/mol. The molecule has 2 aliphatic rings. The molecular formula is C25H30N2O6. The molecule has 0 saturated carbocycles. The predicted molar refractivity (Wildman–Crippen MR) is 122 cm³/mol. The Morgan fingerprint density at radius 1 is 1.12 bits per heavy atom. The lowest BCUT2D eigenvalue weighted by Crippen LogP contribution is -2.52. The van der Waals surface area contributed by atoms with E-state index >= 15 is 0 Å². The van der Waals surface area contributed by atoms with E-state index < -0.39 is 12.1 Å². The van der Waals surface area contributed by atoms with Crippen LogP contribution >= 0.6 is 0 Å². The van der Waals surface area contributed by atoms with Crippen LogP contribution < -0.4 is 10.1 Å². The number of aliphatic hydroxyl groups excluding tert-OH is 1. The smallest absolute Gasteiger partial charge is 0.249 e. The van der Waals surface area contributed by atoms with E-state index in [9.17, 15) is 14.7 Å². The number of rotatable bonds is 7. The second kappa shape index (κ2) is 10.8. The summed E-state index contributed by atoms with van der Waals surface area (Å²) >= 11 is 0. The number of anilines is 1. The first kappa shape index (κ1) is 23.2. The molecule has 2 atom stereocenters. The Hall–Kier alpha value is -2.94. The van der Waals surface area contributed by atoms with Crippen LogP contribution in [0.1, 0.15) is 30.1 Å². The van der Waals surface area contributed by atoms with Crippen molar-refractivity contribution < 1.29 is 28.9 Å². The molecule has 176 valence electrons. The van der Waals surface area contributed by atoms with Gasteiger partial charge in [0.25, 0.3) is 0 Å². The maximum atomic E-state index is 12.6. The van der Waals surface area contributed by atoms with E-state index in [0.29, 0.717) is 25.4 Å². The van der Waals surface area contributed by atoms with Gasteiger partial charge >= 0.3 is 0 Å². The normalized spacial score (nSPS) is 21.6. The highest BCUT2D eigenvalue weighted by Crippen LogP contribution is 2.31. The number of carbonyl (C=O) groups is 2. The fourth-order valence-corrected chi connectivity index (χ4v) is 4.31. The van der Waals surface area contributed by atoms with Gasteiger partial charge in [-0.1, -0.05) is 24.3 Å². The molecule has 0 aromatic heterocycles. The number of hydrogen-bond donors (Lipinski definition) is 2. The van der Waals surface area contributed by atoms with Crippen LogP contribution in [0.4, 0.5) is 5.69 Å². The Kier molecular flexibility index (Phi) is 7.59. The molecule has 2 aromatic carbocycles. The van der Waals surface area contributed by atoms with Crippen LogP contribution in [0, 0.1) is 5.92 Å². The van der Waals surface area contributed by atoms with Crippen LogP contribution in [0.3, 0.4) is 0 Å². The zero-order valence-electron chi connectivity index (χ0n) is 18.7. The molecule has 0 spiro atoms. The van der Waals surface area contributed by atoms with Crippen LogP contribution in [-0.4, -0.2) is 61.4 Å². The number of hydrogen-bond acceptors (Lipinski definition) is 6. The van der Waals surface area contributed by atoms with Crippen molar-refractivity contribution in [3.63, 3.8) is 0 Å². The third kappa shape index (κ3) is 5.52. The maximum Gasteiger partial charge on any atom is 0.249 e. The van der Waals surface area contributed by atoms with Crippen molar-refractivity contribution in [3.05, 3.63) is 59.7 Å². The van der Waals surface area contributed by atoms with E-state index in [-0.39, 0.29) is 30.9 Å². The van der Waals surface area contributed by atoms with Crippen molar-refractivity contribution >= 4 is 17.5 Å². The topological polar surface area (TPSA) is 97.3 Å². The van der Waals surface area contributed by atoms with Gasteiger partial charge in [0, 0.05) is 31.4 Å². The number of ether oxygens (including phenoxy) is 3. The van der Waals surface area contributed by atoms with Crippen molar-refractivity contribution in [2.75, 3.05) is 38.9 Å². The molecule has 4 rings (SSSR count). The van der Waals surface area contributed by atoms with Crippen LogP contribution in [0.25, 0.3) is 0 Å². The number of carbonyl (C=O) groups excluding carboxylic acids is 2. The quantitative estimate of drug-likeness (QED) is 0.667. The van der Waals surface area contributed by atoms with Crippen LogP contribution in [-0.2, 0) is 25.6 Å². The highest BCUT2D eigenvalue weighted by molar-refractivity contribution is 5.92. The van der Waals surface area contributed by atoms with Crippen molar-refractivity contribution in [2.24, 2.45) is 5.92 Å². The van der Waals surface area contributed by atoms with Gasteiger partial charge in [-0.25, -0.2) is 0 Å². The third-order valence-corrected chi connectivity index (χ3v) is 6.25. The van der Waals surface area contributed by atoms with E-state index in [2.05, 4.69) is 5.32 Å². The van der Waals surface area contributed by atoms with Gasteiger partial charge in [0.2, 0.25) is 11.8 Å². The summed E-state index contributed by atoms with van der Waals surface area (Å²) in [5.41, 5.74) is 2.48. The highest BCUT2D eigenvalue weighted by atomic mass is 16.5. The van der Waals surface area contributed by atoms with Crippen LogP contribution in [0.2, 0.25) is 0 Å². The first-order chi connectivity index (χ1) is 16.1. The number of nitrogens with zero attached hydrogens (tertiary/aromatic N) is 1. The molecule has 2 aliphatic heterocycles. The summed E-state index contributed by atoms with van der Waals surface area (Å²) in [6, 6.07) is 14.4. The van der Waals surface area contributed by atoms with Gasteiger partial charge in [0.1, 0.15) is 18.5 Å². The minimum atomic E-state index is -0.518. The summed E-state index contributed by atoms with van der Waals surface area (Å²) in [6.07, 6.45) is 0.998. The van der Waals surface area contributed by atoms with Gasteiger partial charge in [-0.15, -0.1) is 0 Å². The minimum absolute atomic E-state index is 0.00413. The zero-order valence-corrected chi connectivity index (χ0v) is 18.7. The summed E-state index contributed by atoms with van der Waals surface area (Å²) < 4.78 is 16.3. The number of benzene rings is 2. The van der Waals surface area contributed by atoms with Gasteiger partial charge in [0.05, 0.1) is 19.8 Å². The summed E-state index contributed by atoms with van der Waals surface area (Å²) in [5, 5.41) is 13.1. The van der Waals surface area contributed by atoms with E-state index in [4.69, 9.17) is 14.2 Å². The molecule has 0 radical (unpaired) electrons. The molecule has 0 bridgehead atoms. The summed E-state index contributed by atoms with van der Waals surface area (Å²) in [7, 11) is 1.61. The number of aliphatic hydroxyl groups is 1. The molecule has 33 heavy (non-hydrogen) atoms. The number of nitrogens with one attached hydrogen (secondary N) is 1. The molecular weight excluding hydrogens is 424 g/mol. The van der Waals surface area contributed by atoms with E-state index in [1.54, 1.807) is 12.0 Å². The molecule has 2 amide bonds. The summed E-state index contributed by atoms with van der Waals surface area (Å²) in [5.74, 6) is 0.551. The van der Waals surface area contributed by atoms with Gasteiger partial charge < -0.3 is 29.5 Å². The number of amides is 2. The SMILES string of the molecule is COc1ccc(CN2C(=O)CO[C@H](c3ccc(NC(=O)C4CCOCC4)cc3)[C@H]2CO)cc1. The number of morpholine rings is 1. The van der Waals surface area contributed by atoms with Gasteiger partial charge in [-0.2, -0.15) is 0 Å². The molecule has 2 saturated heterocycles. The Morgan fingerprint density at radius 2 is 1.82 bits per heavy atom. The lowest BCUT2D eigenvalue weighted by atomic mass is 9.97. The zero-order chi connectivity index (χ0) is 23.2. The Bertz CT molecular complexity index is 940. The molecule has 0 unspecified atom stereocenters. The van der Waals surface area contributed by atoms with Crippen LogP contribution in [0.5, 0.6) is 5.75 Å². The minimum Gasteiger partial charge on any atom is -0.497 e. The van der Waals surface area contributed by atoms with Crippen molar-refractivity contribution in [3.8, 4) is 5.75 Å². The summed E-state index contributed by atoms with van der Waals surface area (Å²) in [4.78, 5) is 26.7. The fourth-order valence-electron chi connectivity index (χ4n) is 4.31. The Morgan fingerprint density at radius 3 is 2.45 bits per heavy atom. The van der Waals surface area contributed by atoms with Crippen molar-refractivity contribution in [1.82, 2.24) is 4.90 Å².